The van der Waals surface area contributed by atoms with Crippen LogP contribution in [-0.4, -0.2) is 38.5 Å². The van der Waals surface area contributed by atoms with Crippen LogP contribution in [0.25, 0.3) is 0 Å². The van der Waals surface area contributed by atoms with Gasteiger partial charge in [-0.1, -0.05) is 6.92 Å². The molecule has 1 aliphatic rings. The third-order valence-corrected chi connectivity index (χ3v) is 2.04. The van der Waals surface area contributed by atoms with Gasteiger partial charge < -0.3 is 9.47 Å². The molecule has 0 aromatic carbocycles. The van der Waals surface area contributed by atoms with Crippen LogP contribution in [0.2, 0.25) is 0 Å². The maximum Gasteiger partial charge on any atom is 0.0951 e. The normalized spacial score (nSPS) is 25.1. The van der Waals surface area contributed by atoms with Crippen LogP contribution in [0.4, 0.5) is 0 Å². The lowest BCUT2D eigenvalue weighted by Gasteiger charge is -2.23. The van der Waals surface area contributed by atoms with Gasteiger partial charge in [0.15, 0.2) is 0 Å². The predicted octanol–water partition coefficient (Wildman–Crippen LogP) is 0.294. The molecule has 0 spiro atoms. The predicted molar refractivity (Wildman–Crippen MR) is 48.3 cm³/mol. The molecule has 4 heteroatoms. The molecule has 0 amide bonds. The van der Waals surface area contributed by atoms with E-state index in [1.54, 1.807) is 0 Å². The summed E-state index contributed by atoms with van der Waals surface area (Å²) in [7, 11) is 0. The van der Waals surface area contributed by atoms with Gasteiger partial charge in [-0.15, -0.1) is 0 Å². The average Bonchev–Trinajstić information content (AvgIpc) is 2.21. The summed E-state index contributed by atoms with van der Waals surface area (Å²) < 4.78 is 10.7. The number of rotatable bonds is 4. The molecular formula is C9H16N2O2. The van der Waals surface area contributed by atoms with Crippen molar-refractivity contribution in [2.24, 2.45) is 0 Å². The second-order valence-electron chi connectivity index (χ2n) is 3.07. The first-order valence-electron chi connectivity index (χ1n) is 4.69. The molecule has 0 aromatic heterocycles. The van der Waals surface area contributed by atoms with Gasteiger partial charge in [0, 0.05) is 6.54 Å². The van der Waals surface area contributed by atoms with Crippen molar-refractivity contribution in [1.82, 2.24) is 5.32 Å². The van der Waals surface area contributed by atoms with Crippen molar-refractivity contribution < 1.29 is 9.47 Å². The molecule has 0 radical (unpaired) electrons. The van der Waals surface area contributed by atoms with Gasteiger partial charge in [0.25, 0.3) is 0 Å². The third-order valence-electron chi connectivity index (χ3n) is 2.04. The SMILES string of the molecule is CCC(C#N)NCC1COCCO1. The highest BCUT2D eigenvalue weighted by molar-refractivity contribution is 4.89. The molecular weight excluding hydrogens is 168 g/mol. The topological polar surface area (TPSA) is 54.3 Å². The quantitative estimate of drug-likeness (QED) is 0.682. The smallest absolute Gasteiger partial charge is 0.0951 e. The highest BCUT2D eigenvalue weighted by atomic mass is 16.6. The van der Waals surface area contributed by atoms with Gasteiger partial charge in [0.2, 0.25) is 0 Å². The van der Waals surface area contributed by atoms with Gasteiger partial charge >= 0.3 is 0 Å². The molecule has 0 bridgehead atoms. The molecule has 1 rings (SSSR count). The number of hydrogen-bond donors (Lipinski definition) is 1. The lowest BCUT2D eigenvalue weighted by molar-refractivity contribution is -0.0867. The van der Waals surface area contributed by atoms with E-state index in [1.807, 2.05) is 6.92 Å². The Kier molecular flexibility index (Phi) is 4.76. The lowest BCUT2D eigenvalue weighted by Crippen LogP contribution is -2.40. The monoisotopic (exact) mass is 184 g/mol. The molecule has 0 aromatic rings. The van der Waals surface area contributed by atoms with Crippen LogP contribution in [0.1, 0.15) is 13.3 Å². The van der Waals surface area contributed by atoms with E-state index in [-0.39, 0.29) is 12.1 Å². The Balaban J connectivity index is 2.13. The molecule has 0 saturated carbocycles. The van der Waals surface area contributed by atoms with Gasteiger partial charge in [0.05, 0.1) is 38.0 Å². The summed E-state index contributed by atoms with van der Waals surface area (Å²) >= 11 is 0. The summed E-state index contributed by atoms with van der Waals surface area (Å²) in [5, 5.41) is 11.8. The summed E-state index contributed by atoms with van der Waals surface area (Å²) in [6.07, 6.45) is 0.931. The summed E-state index contributed by atoms with van der Waals surface area (Å²) in [5.41, 5.74) is 0. The van der Waals surface area contributed by atoms with E-state index >= 15 is 0 Å². The summed E-state index contributed by atoms with van der Waals surface area (Å²) in [4.78, 5) is 0. The Labute approximate surface area is 78.8 Å². The summed E-state index contributed by atoms with van der Waals surface area (Å²) in [5.74, 6) is 0. The first-order chi connectivity index (χ1) is 6.36. The molecule has 1 saturated heterocycles. The van der Waals surface area contributed by atoms with Crippen molar-refractivity contribution in [3.8, 4) is 6.07 Å². The van der Waals surface area contributed by atoms with Crippen molar-refractivity contribution >= 4 is 0 Å². The maximum atomic E-state index is 8.67. The molecule has 0 aliphatic carbocycles. The van der Waals surface area contributed by atoms with Crippen molar-refractivity contribution in [1.29, 1.82) is 5.26 Å². The largest absolute Gasteiger partial charge is 0.376 e. The molecule has 2 unspecified atom stereocenters. The van der Waals surface area contributed by atoms with E-state index in [0.717, 1.165) is 6.42 Å². The minimum Gasteiger partial charge on any atom is -0.376 e. The highest BCUT2D eigenvalue weighted by Crippen LogP contribution is 1.99. The number of hydrogen-bond acceptors (Lipinski definition) is 4. The highest BCUT2D eigenvalue weighted by Gasteiger charge is 2.15. The molecule has 1 aliphatic heterocycles. The standard InChI is InChI=1S/C9H16N2O2/c1-2-8(5-10)11-6-9-7-12-3-4-13-9/h8-9,11H,2-4,6-7H2,1H3. The molecule has 1 N–H and O–H groups in total. The Morgan fingerprint density at radius 2 is 2.46 bits per heavy atom. The zero-order valence-electron chi connectivity index (χ0n) is 7.95. The minimum absolute atomic E-state index is 0.0643. The van der Waals surface area contributed by atoms with Gasteiger partial charge in [-0.25, -0.2) is 0 Å². The van der Waals surface area contributed by atoms with Gasteiger partial charge in [-0.2, -0.15) is 5.26 Å². The van der Waals surface area contributed by atoms with Crippen LogP contribution in [0, 0.1) is 11.3 Å². The van der Waals surface area contributed by atoms with Gasteiger partial charge in [-0.3, -0.25) is 5.32 Å². The Morgan fingerprint density at radius 3 is 3.00 bits per heavy atom. The maximum absolute atomic E-state index is 8.67. The van der Waals surface area contributed by atoms with Crippen molar-refractivity contribution in [3.05, 3.63) is 0 Å². The van der Waals surface area contributed by atoms with E-state index in [9.17, 15) is 0 Å². The minimum atomic E-state index is -0.0643. The van der Waals surface area contributed by atoms with Crippen LogP contribution >= 0.6 is 0 Å². The second-order valence-corrected chi connectivity index (χ2v) is 3.07. The van der Waals surface area contributed by atoms with Gasteiger partial charge in [0.1, 0.15) is 0 Å². The van der Waals surface area contributed by atoms with Crippen LogP contribution in [-0.2, 0) is 9.47 Å². The van der Waals surface area contributed by atoms with Crippen LogP contribution < -0.4 is 5.32 Å². The fraction of sp³-hybridized carbons (Fsp3) is 0.889. The van der Waals surface area contributed by atoms with E-state index in [0.29, 0.717) is 26.4 Å². The molecule has 13 heavy (non-hydrogen) atoms. The van der Waals surface area contributed by atoms with E-state index in [1.165, 1.54) is 0 Å². The summed E-state index contributed by atoms with van der Waals surface area (Å²) in [6, 6.07) is 2.12. The van der Waals surface area contributed by atoms with Crippen molar-refractivity contribution in [3.63, 3.8) is 0 Å². The molecule has 1 heterocycles. The lowest BCUT2D eigenvalue weighted by atomic mass is 10.2. The molecule has 4 nitrogen and oxygen atoms in total. The fourth-order valence-electron chi connectivity index (χ4n) is 1.21. The zero-order chi connectivity index (χ0) is 9.52. The van der Waals surface area contributed by atoms with E-state index in [2.05, 4.69) is 11.4 Å². The first-order valence-corrected chi connectivity index (χ1v) is 4.69. The number of nitriles is 1. The number of nitrogens with one attached hydrogen (secondary N) is 1. The fourth-order valence-corrected chi connectivity index (χ4v) is 1.21. The molecule has 74 valence electrons. The molecule has 1 fully saturated rings. The van der Waals surface area contributed by atoms with Crippen LogP contribution in [0.15, 0.2) is 0 Å². The Bertz CT molecular complexity index is 173. The Morgan fingerprint density at radius 1 is 1.62 bits per heavy atom. The summed E-state index contributed by atoms with van der Waals surface area (Å²) in [6.45, 7) is 4.67. The van der Waals surface area contributed by atoms with E-state index in [4.69, 9.17) is 14.7 Å². The number of ether oxygens (including phenoxy) is 2. The van der Waals surface area contributed by atoms with Crippen LogP contribution in [0.5, 0.6) is 0 Å². The molecule has 2 atom stereocenters. The Hall–Kier alpha value is -0.630. The average molecular weight is 184 g/mol. The first kappa shape index (κ1) is 10.5. The van der Waals surface area contributed by atoms with Gasteiger partial charge in [-0.05, 0) is 6.42 Å². The number of nitrogens with zero attached hydrogens (tertiary/aromatic N) is 1. The van der Waals surface area contributed by atoms with Crippen molar-refractivity contribution in [2.75, 3.05) is 26.4 Å². The third kappa shape index (κ3) is 3.73. The zero-order valence-corrected chi connectivity index (χ0v) is 7.95. The van der Waals surface area contributed by atoms with E-state index < -0.39 is 0 Å². The second kappa shape index (κ2) is 5.92. The van der Waals surface area contributed by atoms with Crippen LogP contribution in [0.3, 0.4) is 0 Å². The van der Waals surface area contributed by atoms with Crippen molar-refractivity contribution in [2.45, 2.75) is 25.5 Å².